The van der Waals surface area contributed by atoms with Crippen LogP contribution >= 0.6 is 15.9 Å². The maximum atomic E-state index is 11.6. The number of rotatable bonds is 28. The maximum Gasteiger partial charge on any atom is 0.374 e. The van der Waals surface area contributed by atoms with Gasteiger partial charge >= 0.3 is 16.8 Å². The van der Waals surface area contributed by atoms with Crippen LogP contribution in [0.3, 0.4) is 0 Å². The number of aromatic nitrogens is 12. The molecule has 0 aliphatic carbocycles. The fourth-order valence-corrected chi connectivity index (χ4v) is 13.8. The number of ether oxygens (including phenoxy) is 3. The number of hydrogen-bond donors (Lipinski definition) is 0. The Morgan fingerprint density at radius 2 is 0.815 bits per heavy atom. The van der Waals surface area contributed by atoms with E-state index in [1.54, 1.807) is 34.2 Å². The van der Waals surface area contributed by atoms with Crippen molar-refractivity contribution in [3.8, 4) is 0 Å². The second-order valence-corrected chi connectivity index (χ2v) is 54.9. The molecule has 6 aromatic heterocycles. The van der Waals surface area contributed by atoms with E-state index < -0.39 is 38.1 Å². The molecule has 0 bridgehead atoms. The first-order valence-corrected chi connectivity index (χ1v) is 52.8. The summed E-state index contributed by atoms with van der Waals surface area (Å²) in [5.41, 5.74) is 10.1. The smallest absolute Gasteiger partial charge is 0.374 e. The van der Waals surface area contributed by atoms with Crippen molar-refractivity contribution < 1.29 is 55.9 Å². The van der Waals surface area contributed by atoms with Crippen molar-refractivity contribution in [3.05, 3.63) is 228 Å². The maximum absolute atomic E-state index is 11.6. The first kappa shape index (κ1) is 104. The molecule has 30 heteroatoms. The van der Waals surface area contributed by atoms with Gasteiger partial charge in [-0.3, -0.25) is 24.2 Å². The predicted molar refractivity (Wildman–Crippen MR) is 490 cm³/mol. The van der Waals surface area contributed by atoms with Crippen LogP contribution in [0.5, 0.6) is 0 Å². The normalized spacial score (nSPS) is 12.1. The molecule has 0 amide bonds. The molecule has 3 aromatic carbocycles. The van der Waals surface area contributed by atoms with Gasteiger partial charge in [0.1, 0.15) is 32.9 Å². The van der Waals surface area contributed by atoms with Crippen LogP contribution in [0.4, 0.5) is 4.79 Å². The minimum Gasteiger partial charge on any atom is -0.459 e. The van der Waals surface area contributed by atoms with Gasteiger partial charge in [-0.1, -0.05) is 180 Å². The molecule has 0 atom stereocenters. The van der Waals surface area contributed by atoms with Crippen molar-refractivity contribution in [3.63, 3.8) is 0 Å². The molecule has 0 unspecified atom stereocenters. The summed E-state index contributed by atoms with van der Waals surface area (Å²) in [7, 11) is -6.58. The molecule has 1 aliphatic rings. The molecule has 0 saturated heterocycles. The summed E-state index contributed by atoms with van der Waals surface area (Å²) in [4.78, 5) is 83.1. The number of aliphatic imine (C=N–C) groups is 1. The summed E-state index contributed by atoms with van der Waals surface area (Å²) >= 11 is 2.67. The highest BCUT2D eigenvalue weighted by Crippen LogP contribution is 2.39. The quantitative estimate of drug-likeness (QED) is 0.0145. The van der Waals surface area contributed by atoms with Gasteiger partial charge in [0.25, 0.3) is 0 Å². The number of carbonyl (C=O) groups is 5. The number of carbonyl (C=O) groups excluding carboxylic acids is 5. The zero-order chi connectivity index (χ0) is 89.4. The van der Waals surface area contributed by atoms with Crippen molar-refractivity contribution in [2.24, 2.45) is 4.99 Å². The van der Waals surface area contributed by atoms with Gasteiger partial charge in [-0.25, -0.2) is 34.7 Å². The first-order chi connectivity index (χ1) is 55.5. The van der Waals surface area contributed by atoms with Crippen molar-refractivity contribution in [2.45, 2.75) is 270 Å². The van der Waals surface area contributed by atoms with Gasteiger partial charge in [0.2, 0.25) is 0 Å². The number of benzene rings is 3. The van der Waals surface area contributed by atoms with Crippen LogP contribution in [0.15, 0.2) is 170 Å². The highest BCUT2D eigenvalue weighted by atomic mass is 79.9. The summed E-state index contributed by atoms with van der Waals surface area (Å²) in [6.45, 7) is 66.0. The number of esters is 2. The Kier molecular flexibility index (Phi) is 44.3. The average molecular weight is 1770 g/mol. The third kappa shape index (κ3) is 40.5. The van der Waals surface area contributed by atoms with Crippen LogP contribution in [-0.2, 0) is 101 Å². The number of hydrogen-bond acceptors (Lipinski definition) is 19. The number of allylic oxidation sites excluding steroid dienone is 2. The highest BCUT2D eigenvalue weighted by Gasteiger charge is 2.40. The van der Waals surface area contributed by atoms with Crippen molar-refractivity contribution >= 4 is 84.8 Å². The van der Waals surface area contributed by atoms with Crippen molar-refractivity contribution in [1.82, 2.24) is 57.3 Å². The van der Waals surface area contributed by atoms with Gasteiger partial charge in [-0.05, 0) is 138 Å². The lowest BCUT2D eigenvalue weighted by Crippen LogP contribution is -2.41. The molecule has 7 heterocycles. The van der Waals surface area contributed by atoms with Crippen molar-refractivity contribution in [2.75, 3.05) is 26.4 Å². The molecule has 119 heavy (non-hydrogen) atoms. The largest absolute Gasteiger partial charge is 0.459 e. The number of aldehydes is 2. The van der Waals surface area contributed by atoms with Gasteiger partial charge in [0, 0.05) is 115 Å². The second kappa shape index (κ2) is 50.5. The molecule has 9 aromatic rings. The van der Waals surface area contributed by atoms with Gasteiger partial charge < -0.3 is 59.3 Å². The van der Waals surface area contributed by atoms with E-state index in [-0.39, 0.29) is 45.2 Å². The fraction of sp³-hybridized carbons (Fsp3) is 0.506. The molecular formula is C89H138BrN13O12Si4. The SMILES string of the molecule is CC1=CCC=N1.Cc1cn(CC(=O)OCc2ccccc2)cn1.Cc1cn(CCO[Si](C)(C)C(C)(C)C)c(C=O)n1.Cc1cn(CCO[Si](C)(C)C(C)(C)C)cn1.Cc1cnc(C=O)n1CCO[Si](C)(C)C(C)(C)C.Cc1cncn1CC(=O)OCc1ccccc1.Cc1cncn1CCO[Si](C)(C)C(C)(C)C.O=C(Br)OCc1ccccc1. The lowest BCUT2D eigenvalue weighted by atomic mass is 10.2. The Morgan fingerprint density at radius 3 is 1.17 bits per heavy atom. The van der Waals surface area contributed by atoms with Gasteiger partial charge in [0.05, 0.1) is 68.8 Å². The van der Waals surface area contributed by atoms with E-state index in [1.807, 2.05) is 179 Å². The van der Waals surface area contributed by atoms with Crippen LogP contribution in [0, 0.1) is 41.5 Å². The molecule has 25 nitrogen and oxygen atoms in total. The van der Waals surface area contributed by atoms with Crippen LogP contribution in [0.2, 0.25) is 72.5 Å². The van der Waals surface area contributed by atoms with Crippen LogP contribution < -0.4 is 0 Å². The van der Waals surface area contributed by atoms with Crippen molar-refractivity contribution in [1.29, 1.82) is 0 Å². The highest BCUT2D eigenvalue weighted by molar-refractivity contribution is 9.18. The second-order valence-electron chi connectivity index (χ2n) is 35.0. The molecule has 0 spiro atoms. The van der Waals surface area contributed by atoms with E-state index in [1.165, 1.54) is 5.69 Å². The van der Waals surface area contributed by atoms with E-state index in [4.69, 9.17) is 31.9 Å². The lowest BCUT2D eigenvalue weighted by molar-refractivity contribution is -0.146. The number of imidazole rings is 6. The van der Waals surface area contributed by atoms with Gasteiger partial charge in [0.15, 0.2) is 57.5 Å². The Bertz CT molecular complexity index is 4490. The number of nitrogens with zero attached hydrogens (tertiary/aromatic N) is 13. The third-order valence-electron chi connectivity index (χ3n) is 21.1. The topological polar surface area (TPSA) is 269 Å². The molecule has 0 radical (unpaired) electrons. The minimum absolute atomic E-state index is 0.202. The van der Waals surface area contributed by atoms with E-state index in [2.05, 4.69) is 215 Å². The summed E-state index contributed by atoms with van der Waals surface area (Å²) in [5, 5.41) is 1.00. The van der Waals surface area contributed by atoms with Crippen LogP contribution in [0.1, 0.15) is 169 Å². The molecule has 1 aliphatic heterocycles. The Hall–Kier alpha value is -8.73. The van der Waals surface area contributed by atoms with Gasteiger partial charge in [-0.15, -0.1) is 0 Å². The van der Waals surface area contributed by atoms with E-state index in [0.29, 0.717) is 57.8 Å². The average Bonchev–Trinajstić information content (AvgIpc) is 0.949. The Morgan fingerprint density at radius 1 is 0.429 bits per heavy atom. The zero-order valence-electron chi connectivity index (χ0n) is 76.2. The number of aryl methyl sites for hydroxylation is 6. The molecule has 0 fully saturated rings. The molecule has 10 rings (SSSR count). The summed E-state index contributed by atoms with van der Waals surface area (Å²) in [6.07, 6.45) is 24.7. The summed E-state index contributed by atoms with van der Waals surface area (Å²) in [5.74, 6) is 0.443. The molecular weight excluding hydrogens is 1640 g/mol. The monoisotopic (exact) mass is 1770 g/mol. The zero-order valence-corrected chi connectivity index (χ0v) is 81.8. The van der Waals surface area contributed by atoms with E-state index >= 15 is 0 Å². The Labute approximate surface area is 722 Å². The molecule has 0 N–H and O–H groups in total. The number of halogens is 1. The molecule has 654 valence electrons. The van der Waals surface area contributed by atoms with Crippen LogP contribution in [-0.4, -0.2) is 153 Å². The standard InChI is InChI=1S/2C13H24N2O2Si.2C13H14N2O2.2C12H24N2OSi.C8H7BrO2.C5H7N/c1-11-9-15(12(10-16)14-11)7-8-17-18(5,6)13(2,3)4;1-11-9-14-12(10-16)15(11)7-8-17-18(5,6)13(2,3)4;1-11-7-15(10-14-11)8-13(16)17-9-12-5-3-2-4-6-12;1-11-7-14-10-15(11)8-13(16)17-9-12-5-3-2-4-6-12;1-11-9-14(10-13-11)7-8-15-16(5,6)12(2,3)4;1-11-9-13-10-14(11)7-8-15-16(5,6)12(2,3)4;9-8(10)11-6-7-4-2-1-3-5-7;1-5-3-2-4-6-5/h2*9-10H,7-8H2,1-6H3;2*2-7,10H,8-9H2,1H3;2*9-10H,7-8H2,1-6H3;1-5H,6H2;3-4H,2H2,1H3. The third-order valence-corrected chi connectivity index (χ3v) is 39.5. The minimum atomic E-state index is -1.71. The Balaban J connectivity index is 0.000000355. The summed E-state index contributed by atoms with van der Waals surface area (Å²) < 4.78 is 50.9. The summed E-state index contributed by atoms with van der Waals surface area (Å²) in [6, 6.07) is 28.8. The van der Waals surface area contributed by atoms with Gasteiger partial charge in [-0.2, -0.15) is 0 Å². The van der Waals surface area contributed by atoms with Crippen LogP contribution in [0.25, 0.3) is 0 Å². The van der Waals surface area contributed by atoms with E-state index in [0.717, 1.165) is 96.2 Å². The molecule has 0 saturated carbocycles. The fourth-order valence-electron chi connectivity index (χ4n) is 9.53. The lowest BCUT2D eigenvalue weighted by Gasteiger charge is -2.36. The first-order valence-electron chi connectivity index (χ1n) is 40.4. The predicted octanol–water partition coefficient (Wildman–Crippen LogP) is 20.4. The van der Waals surface area contributed by atoms with E-state index in [9.17, 15) is 24.0 Å².